The van der Waals surface area contributed by atoms with E-state index < -0.39 is 0 Å². The monoisotopic (exact) mass is 262 g/mol. The van der Waals surface area contributed by atoms with Gasteiger partial charge in [0.1, 0.15) is 5.75 Å². The predicted molar refractivity (Wildman–Crippen MR) is 76.3 cm³/mol. The molecule has 0 bridgehead atoms. The Morgan fingerprint density at radius 1 is 1.47 bits per heavy atom. The van der Waals surface area contributed by atoms with Crippen molar-refractivity contribution in [2.45, 2.75) is 32.6 Å². The number of ether oxygens (including phenoxy) is 1. The number of methoxy groups -OCH3 is 1. The molecule has 19 heavy (non-hydrogen) atoms. The summed E-state index contributed by atoms with van der Waals surface area (Å²) >= 11 is 0. The molecule has 0 radical (unpaired) electrons. The van der Waals surface area contributed by atoms with Crippen LogP contribution in [0.1, 0.15) is 31.2 Å². The van der Waals surface area contributed by atoms with E-state index in [0.717, 1.165) is 24.1 Å². The Kier molecular flexibility index (Phi) is 4.10. The summed E-state index contributed by atoms with van der Waals surface area (Å²) in [4.78, 5) is 12.1. The third-order valence-corrected chi connectivity index (χ3v) is 4.01. The molecule has 2 rings (SSSR count). The van der Waals surface area contributed by atoms with E-state index in [4.69, 9.17) is 10.5 Å². The number of carbonyl (C=O) groups is 1. The van der Waals surface area contributed by atoms with Crippen LogP contribution in [0.2, 0.25) is 0 Å². The second kappa shape index (κ2) is 5.61. The smallest absolute Gasteiger partial charge is 0.225 e. The second-order valence-electron chi connectivity index (χ2n) is 5.49. The van der Waals surface area contributed by atoms with Gasteiger partial charge < -0.3 is 15.8 Å². The van der Waals surface area contributed by atoms with E-state index in [1.54, 1.807) is 7.11 Å². The Morgan fingerprint density at radius 3 is 2.74 bits per heavy atom. The van der Waals surface area contributed by atoms with Crippen molar-refractivity contribution < 1.29 is 9.53 Å². The maximum atomic E-state index is 12.1. The molecule has 1 amide bonds. The number of aryl methyl sites for hydroxylation is 1. The van der Waals surface area contributed by atoms with Gasteiger partial charge in [0.25, 0.3) is 0 Å². The van der Waals surface area contributed by atoms with Gasteiger partial charge >= 0.3 is 0 Å². The van der Waals surface area contributed by atoms with Gasteiger partial charge in [0.15, 0.2) is 0 Å². The van der Waals surface area contributed by atoms with Crippen molar-refractivity contribution in [2.75, 3.05) is 19.0 Å². The maximum Gasteiger partial charge on any atom is 0.225 e. The Bertz CT molecular complexity index is 462. The molecule has 1 saturated carbocycles. The molecule has 0 saturated heterocycles. The fourth-order valence-electron chi connectivity index (χ4n) is 2.58. The van der Waals surface area contributed by atoms with Gasteiger partial charge in [-0.1, -0.05) is 12.5 Å². The van der Waals surface area contributed by atoms with Crippen molar-refractivity contribution in [3.05, 3.63) is 23.8 Å². The summed E-state index contributed by atoms with van der Waals surface area (Å²) in [5.74, 6) is 0.711. The fourth-order valence-corrected chi connectivity index (χ4v) is 2.58. The molecule has 3 N–H and O–H groups in total. The van der Waals surface area contributed by atoms with Crippen molar-refractivity contribution in [2.24, 2.45) is 11.1 Å². The molecule has 0 atom stereocenters. The van der Waals surface area contributed by atoms with E-state index in [-0.39, 0.29) is 11.3 Å². The Labute approximate surface area is 114 Å². The van der Waals surface area contributed by atoms with Gasteiger partial charge in [-0.15, -0.1) is 0 Å². The molecule has 1 aromatic rings. The molecule has 0 spiro atoms. The largest absolute Gasteiger partial charge is 0.495 e. The SMILES string of the molecule is COc1ccc(C)cc1NC(=O)CC1(CN)CCC1. The van der Waals surface area contributed by atoms with E-state index in [0.29, 0.717) is 18.7 Å². The summed E-state index contributed by atoms with van der Waals surface area (Å²) in [6.45, 7) is 2.58. The molecule has 1 fully saturated rings. The van der Waals surface area contributed by atoms with Crippen LogP contribution in [0.3, 0.4) is 0 Å². The summed E-state index contributed by atoms with van der Waals surface area (Å²) in [5.41, 5.74) is 7.64. The number of hydrogen-bond acceptors (Lipinski definition) is 3. The first-order chi connectivity index (χ1) is 9.08. The number of amides is 1. The Hall–Kier alpha value is -1.55. The Morgan fingerprint density at radius 2 is 2.21 bits per heavy atom. The lowest BCUT2D eigenvalue weighted by Crippen LogP contribution is -2.40. The summed E-state index contributed by atoms with van der Waals surface area (Å²) < 4.78 is 5.26. The van der Waals surface area contributed by atoms with Crippen molar-refractivity contribution in [3.63, 3.8) is 0 Å². The minimum Gasteiger partial charge on any atom is -0.495 e. The van der Waals surface area contributed by atoms with Gasteiger partial charge in [0, 0.05) is 6.42 Å². The number of nitrogens with one attached hydrogen (secondary N) is 1. The number of hydrogen-bond donors (Lipinski definition) is 2. The van der Waals surface area contributed by atoms with Crippen LogP contribution >= 0.6 is 0 Å². The van der Waals surface area contributed by atoms with Gasteiger partial charge in [0.05, 0.1) is 12.8 Å². The molecular formula is C15H22N2O2. The minimum absolute atomic E-state index is 0.0223. The quantitative estimate of drug-likeness (QED) is 0.856. The first kappa shape index (κ1) is 13.9. The molecule has 0 heterocycles. The number of carbonyl (C=O) groups excluding carboxylic acids is 1. The first-order valence-corrected chi connectivity index (χ1v) is 6.73. The summed E-state index contributed by atoms with van der Waals surface area (Å²) in [7, 11) is 1.60. The number of nitrogens with two attached hydrogens (primary N) is 1. The molecule has 104 valence electrons. The van der Waals surface area contributed by atoms with Gasteiger partial charge in [-0.25, -0.2) is 0 Å². The third kappa shape index (κ3) is 3.07. The zero-order valence-electron chi connectivity index (χ0n) is 11.7. The average Bonchev–Trinajstić information content (AvgIpc) is 2.34. The summed E-state index contributed by atoms with van der Waals surface area (Å²) in [6.07, 6.45) is 3.79. The fraction of sp³-hybridized carbons (Fsp3) is 0.533. The predicted octanol–water partition coefficient (Wildman–Crippen LogP) is 2.46. The highest BCUT2D eigenvalue weighted by atomic mass is 16.5. The minimum atomic E-state index is 0.0223. The van der Waals surface area contributed by atoms with Crippen LogP contribution in [0, 0.1) is 12.3 Å². The third-order valence-electron chi connectivity index (χ3n) is 4.01. The van der Waals surface area contributed by atoms with Crippen LogP contribution in [-0.4, -0.2) is 19.6 Å². The van der Waals surface area contributed by atoms with E-state index in [2.05, 4.69) is 5.32 Å². The summed E-state index contributed by atoms with van der Waals surface area (Å²) in [6, 6.07) is 5.75. The van der Waals surface area contributed by atoms with E-state index in [1.165, 1.54) is 6.42 Å². The zero-order chi connectivity index (χ0) is 13.9. The van der Waals surface area contributed by atoms with Crippen LogP contribution in [0.15, 0.2) is 18.2 Å². The number of anilines is 1. The van der Waals surface area contributed by atoms with Crippen molar-refractivity contribution in [1.82, 2.24) is 0 Å². The molecule has 4 nitrogen and oxygen atoms in total. The standard InChI is InChI=1S/C15H22N2O2/c1-11-4-5-13(19-2)12(8-11)17-14(18)9-15(10-16)6-3-7-15/h4-5,8H,3,6-7,9-10,16H2,1-2H3,(H,17,18). The van der Waals surface area contributed by atoms with Crippen molar-refractivity contribution in [3.8, 4) is 5.75 Å². The lowest BCUT2D eigenvalue weighted by Gasteiger charge is -2.40. The highest BCUT2D eigenvalue weighted by Gasteiger charge is 2.37. The van der Waals surface area contributed by atoms with Crippen LogP contribution in [0.4, 0.5) is 5.69 Å². The molecule has 1 aliphatic rings. The van der Waals surface area contributed by atoms with Crippen molar-refractivity contribution >= 4 is 11.6 Å². The second-order valence-corrected chi connectivity index (χ2v) is 5.49. The molecular weight excluding hydrogens is 240 g/mol. The van der Waals surface area contributed by atoms with E-state index in [9.17, 15) is 4.79 Å². The van der Waals surface area contributed by atoms with Crippen molar-refractivity contribution in [1.29, 1.82) is 0 Å². The average molecular weight is 262 g/mol. The molecule has 4 heteroatoms. The van der Waals surface area contributed by atoms with Gasteiger partial charge in [-0.2, -0.15) is 0 Å². The van der Waals surface area contributed by atoms with E-state index in [1.807, 2.05) is 25.1 Å². The highest BCUT2D eigenvalue weighted by Crippen LogP contribution is 2.43. The van der Waals surface area contributed by atoms with Crippen LogP contribution in [0.5, 0.6) is 5.75 Å². The molecule has 1 aliphatic carbocycles. The van der Waals surface area contributed by atoms with Gasteiger partial charge in [-0.3, -0.25) is 4.79 Å². The van der Waals surface area contributed by atoms with Gasteiger partial charge in [0.2, 0.25) is 5.91 Å². The topological polar surface area (TPSA) is 64.3 Å². The molecule has 0 aromatic heterocycles. The normalized spacial score (nSPS) is 16.6. The lowest BCUT2D eigenvalue weighted by atomic mass is 9.66. The number of benzene rings is 1. The van der Waals surface area contributed by atoms with E-state index >= 15 is 0 Å². The summed E-state index contributed by atoms with van der Waals surface area (Å²) in [5, 5.41) is 2.94. The maximum absolute atomic E-state index is 12.1. The molecule has 0 unspecified atom stereocenters. The molecule has 1 aromatic carbocycles. The lowest BCUT2D eigenvalue weighted by molar-refractivity contribution is -0.119. The zero-order valence-corrected chi connectivity index (χ0v) is 11.7. The highest BCUT2D eigenvalue weighted by molar-refractivity contribution is 5.92. The van der Waals surface area contributed by atoms with Gasteiger partial charge in [-0.05, 0) is 49.4 Å². The Balaban J connectivity index is 2.04. The van der Waals surface area contributed by atoms with Crippen LogP contribution in [-0.2, 0) is 4.79 Å². The number of rotatable bonds is 5. The van der Waals surface area contributed by atoms with Crippen LogP contribution < -0.4 is 15.8 Å². The first-order valence-electron chi connectivity index (χ1n) is 6.73. The molecule has 0 aliphatic heterocycles. The van der Waals surface area contributed by atoms with Crippen LogP contribution in [0.25, 0.3) is 0 Å².